The summed E-state index contributed by atoms with van der Waals surface area (Å²) in [5.74, 6) is -0.714. The van der Waals surface area contributed by atoms with E-state index in [1.807, 2.05) is 24.3 Å². The van der Waals surface area contributed by atoms with Gasteiger partial charge in [0.25, 0.3) is 0 Å². The maximum atomic E-state index is 11.4. The molecule has 5 nitrogen and oxygen atoms in total. The van der Waals surface area contributed by atoms with Gasteiger partial charge in [0.2, 0.25) is 0 Å². The van der Waals surface area contributed by atoms with Gasteiger partial charge in [-0.15, -0.1) is 0 Å². The Kier molecular flexibility index (Phi) is 6.28. The molecular formula is C12H15BrO5. The Bertz CT molecular complexity index is 379. The van der Waals surface area contributed by atoms with E-state index in [0.717, 1.165) is 10.0 Å². The smallest absolute Gasteiger partial charge is 0.337 e. The number of rotatable bonds is 6. The van der Waals surface area contributed by atoms with Gasteiger partial charge in [-0.05, 0) is 17.7 Å². The number of hydrogen-bond donors (Lipinski definition) is 2. The van der Waals surface area contributed by atoms with Crippen molar-refractivity contribution in [3.8, 4) is 0 Å². The molecule has 0 unspecified atom stereocenters. The van der Waals surface area contributed by atoms with Crippen LogP contribution in [-0.4, -0.2) is 42.1 Å². The van der Waals surface area contributed by atoms with Gasteiger partial charge >= 0.3 is 5.97 Å². The zero-order valence-electron chi connectivity index (χ0n) is 9.88. The molecule has 0 amide bonds. The largest absolute Gasteiger partial charge is 0.467 e. The Labute approximate surface area is 113 Å². The number of esters is 1. The summed E-state index contributed by atoms with van der Waals surface area (Å²) in [7, 11) is 1.20. The molecule has 2 N–H and O–H groups in total. The van der Waals surface area contributed by atoms with E-state index in [9.17, 15) is 9.90 Å². The minimum atomic E-state index is -1.30. The fourth-order valence-corrected chi connectivity index (χ4v) is 1.58. The van der Waals surface area contributed by atoms with Crippen LogP contribution in [0.3, 0.4) is 0 Å². The fourth-order valence-electron chi connectivity index (χ4n) is 1.31. The summed E-state index contributed by atoms with van der Waals surface area (Å²) in [6.45, 7) is -0.426. The molecule has 100 valence electrons. The third-order valence-corrected chi connectivity index (χ3v) is 2.84. The van der Waals surface area contributed by atoms with Gasteiger partial charge in [-0.25, -0.2) is 4.79 Å². The minimum Gasteiger partial charge on any atom is -0.467 e. The summed E-state index contributed by atoms with van der Waals surface area (Å²) >= 11 is 3.31. The van der Waals surface area contributed by atoms with Crippen LogP contribution in [0.4, 0.5) is 0 Å². The highest BCUT2D eigenvalue weighted by molar-refractivity contribution is 9.10. The Hall–Kier alpha value is -0.950. The van der Waals surface area contributed by atoms with E-state index in [4.69, 9.17) is 9.84 Å². The van der Waals surface area contributed by atoms with Gasteiger partial charge in [0, 0.05) is 4.47 Å². The molecular weight excluding hydrogens is 304 g/mol. The zero-order chi connectivity index (χ0) is 13.5. The van der Waals surface area contributed by atoms with Crippen LogP contribution in [0.2, 0.25) is 0 Å². The van der Waals surface area contributed by atoms with Gasteiger partial charge in [-0.3, -0.25) is 0 Å². The summed E-state index contributed by atoms with van der Waals surface area (Å²) in [4.78, 5) is 11.4. The third kappa shape index (κ3) is 4.38. The van der Waals surface area contributed by atoms with Gasteiger partial charge in [0.05, 0.1) is 20.3 Å². The molecule has 0 saturated carbocycles. The van der Waals surface area contributed by atoms with Crippen LogP contribution in [0.15, 0.2) is 28.7 Å². The second-order valence-corrected chi connectivity index (χ2v) is 4.55. The number of aliphatic hydroxyl groups is 2. The highest BCUT2D eigenvalue weighted by Crippen LogP contribution is 2.13. The summed E-state index contributed by atoms with van der Waals surface area (Å²) in [5.41, 5.74) is 0.845. The number of aliphatic hydroxyl groups excluding tert-OH is 2. The molecule has 1 rings (SSSR count). The molecule has 0 aromatic heterocycles. The van der Waals surface area contributed by atoms with Crippen LogP contribution in [0.1, 0.15) is 5.56 Å². The third-order valence-electron chi connectivity index (χ3n) is 2.31. The Balaban J connectivity index is 2.61. The molecule has 1 aromatic rings. The molecule has 18 heavy (non-hydrogen) atoms. The lowest BCUT2D eigenvalue weighted by Gasteiger charge is -2.19. The van der Waals surface area contributed by atoms with Crippen LogP contribution in [0.5, 0.6) is 0 Å². The summed E-state index contributed by atoms with van der Waals surface area (Å²) in [6.07, 6.45) is -2.49. The molecule has 6 heteroatoms. The molecule has 0 heterocycles. The number of methoxy groups -OCH3 is 1. The summed E-state index contributed by atoms with van der Waals surface area (Å²) in [5, 5.41) is 18.3. The standard InChI is InChI=1S/C12H15BrO5/c1-17-12(16)11(10(15)6-14)18-7-8-2-4-9(13)5-3-8/h2-5,10-11,14-15H,6-7H2,1H3/t10-,11-/m0/s1. The lowest BCUT2D eigenvalue weighted by Crippen LogP contribution is -2.39. The number of ether oxygens (including phenoxy) is 2. The number of carbonyl (C=O) groups excluding carboxylic acids is 1. The SMILES string of the molecule is COC(=O)[C@@H](OCc1ccc(Br)cc1)[C@@H](O)CO. The van der Waals surface area contributed by atoms with Crippen molar-refractivity contribution in [2.24, 2.45) is 0 Å². The first-order chi connectivity index (χ1) is 8.58. The molecule has 2 atom stereocenters. The topological polar surface area (TPSA) is 76.0 Å². The molecule has 0 radical (unpaired) electrons. The second kappa shape index (κ2) is 7.48. The Morgan fingerprint density at radius 1 is 1.39 bits per heavy atom. The van der Waals surface area contributed by atoms with Crippen LogP contribution >= 0.6 is 15.9 Å². The van der Waals surface area contributed by atoms with Crippen LogP contribution in [-0.2, 0) is 20.9 Å². The average molecular weight is 319 g/mol. The first-order valence-corrected chi connectivity index (χ1v) is 6.10. The predicted molar refractivity (Wildman–Crippen MR) is 67.8 cm³/mol. The molecule has 0 fully saturated rings. The highest BCUT2D eigenvalue weighted by atomic mass is 79.9. The van der Waals surface area contributed by atoms with E-state index in [-0.39, 0.29) is 6.61 Å². The molecule has 0 saturated heterocycles. The maximum absolute atomic E-state index is 11.4. The van der Waals surface area contributed by atoms with Crippen molar-refractivity contribution in [3.63, 3.8) is 0 Å². The van der Waals surface area contributed by atoms with Gasteiger partial charge in [0.1, 0.15) is 6.10 Å². The first-order valence-electron chi connectivity index (χ1n) is 5.31. The molecule has 0 aliphatic rings. The number of benzene rings is 1. The summed E-state index contributed by atoms with van der Waals surface area (Å²) in [6, 6.07) is 7.33. The van der Waals surface area contributed by atoms with Crippen molar-refractivity contribution >= 4 is 21.9 Å². The lowest BCUT2D eigenvalue weighted by atomic mass is 10.2. The predicted octanol–water partition coefficient (Wildman–Crippen LogP) is 0.860. The van der Waals surface area contributed by atoms with E-state index in [1.54, 1.807) is 0 Å². The molecule has 0 aliphatic carbocycles. The number of halogens is 1. The number of carbonyl (C=O) groups is 1. The lowest BCUT2D eigenvalue weighted by molar-refractivity contribution is -0.165. The van der Waals surface area contributed by atoms with Gasteiger partial charge in [-0.2, -0.15) is 0 Å². The normalized spacial score (nSPS) is 14.0. The van der Waals surface area contributed by atoms with Gasteiger partial charge in [0.15, 0.2) is 6.10 Å². The van der Waals surface area contributed by atoms with Crippen LogP contribution in [0.25, 0.3) is 0 Å². The van der Waals surface area contributed by atoms with Crippen molar-refractivity contribution in [2.45, 2.75) is 18.8 Å². The Morgan fingerprint density at radius 2 is 2.00 bits per heavy atom. The minimum absolute atomic E-state index is 0.143. The summed E-state index contributed by atoms with van der Waals surface area (Å²) < 4.78 is 10.7. The number of hydrogen-bond acceptors (Lipinski definition) is 5. The van der Waals surface area contributed by atoms with E-state index in [1.165, 1.54) is 7.11 Å². The van der Waals surface area contributed by atoms with Crippen molar-refractivity contribution in [1.82, 2.24) is 0 Å². The molecule has 0 aliphatic heterocycles. The average Bonchev–Trinajstić information content (AvgIpc) is 2.40. The quantitative estimate of drug-likeness (QED) is 0.761. The van der Waals surface area contributed by atoms with Crippen LogP contribution in [0, 0.1) is 0 Å². The highest BCUT2D eigenvalue weighted by Gasteiger charge is 2.28. The van der Waals surface area contributed by atoms with E-state index in [2.05, 4.69) is 20.7 Å². The molecule has 0 bridgehead atoms. The fraction of sp³-hybridized carbons (Fsp3) is 0.417. The van der Waals surface area contributed by atoms with E-state index in [0.29, 0.717) is 0 Å². The molecule has 0 spiro atoms. The van der Waals surface area contributed by atoms with E-state index >= 15 is 0 Å². The first kappa shape index (κ1) is 15.1. The van der Waals surface area contributed by atoms with Crippen molar-refractivity contribution in [3.05, 3.63) is 34.3 Å². The molecule has 1 aromatic carbocycles. The second-order valence-electron chi connectivity index (χ2n) is 3.63. The zero-order valence-corrected chi connectivity index (χ0v) is 11.5. The van der Waals surface area contributed by atoms with Crippen molar-refractivity contribution < 1.29 is 24.5 Å². The maximum Gasteiger partial charge on any atom is 0.337 e. The van der Waals surface area contributed by atoms with Crippen molar-refractivity contribution in [1.29, 1.82) is 0 Å². The monoisotopic (exact) mass is 318 g/mol. The van der Waals surface area contributed by atoms with E-state index < -0.39 is 24.8 Å². The Morgan fingerprint density at radius 3 is 2.50 bits per heavy atom. The van der Waals surface area contributed by atoms with Gasteiger partial charge in [-0.1, -0.05) is 28.1 Å². The van der Waals surface area contributed by atoms with Gasteiger partial charge < -0.3 is 19.7 Å². The van der Waals surface area contributed by atoms with Crippen LogP contribution < -0.4 is 0 Å². The van der Waals surface area contributed by atoms with Crippen molar-refractivity contribution in [2.75, 3.05) is 13.7 Å².